The zero-order valence-electron chi connectivity index (χ0n) is 17.3. The Morgan fingerprint density at radius 3 is 2.48 bits per heavy atom. The number of fused-ring (bicyclic) bond motifs is 2. The standard InChI is InChI=1S/C22H27FN2O4S2/c23-17-3-5-18(6-4-17)25-11-9-24(10-12-25)8-1-2-19-16-22(28-13-14-29-22)20-7-15-30-21(20)31(19,26)27/h3-7,15,19H,1-2,8-14,16H2. The Hall–Kier alpha value is -1.52. The number of piperazine rings is 1. The molecule has 3 aliphatic rings. The highest BCUT2D eigenvalue weighted by Crippen LogP contribution is 2.48. The van der Waals surface area contributed by atoms with Crippen LogP contribution in [0.4, 0.5) is 10.1 Å². The Labute approximate surface area is 186 Å². The van der Waals surface area contributed by atoms with Crippen molar-refractivity contribution in [1.82, 2.24) is 4.90 Å². The maximum absolute atomic E-state index is 13.2. The monoisotopic (exact) mass is 466 g/mol. The van der Waals surface area contributed by atoms with Crippen LogP contribution < -0.4 is 4.90 Å². The number of sulfone groups is 1. The molecule has 31 heavy (non-hydrogen) atoms. The molecule has 168 valence electrons. The number of rotatable bonds is 5. The molecule has 1 spiro atoms. The summed E-state index contributed by atoms with van der Waals surface area (Å²) in [5.41, 5.74) is 1.73. The van der Waals surface area contributed by atoms with E-state index in [1.807, 2.05) is 23.6 Å². The first-order valence-electron chi connectivity index (χ1n) is 10.8. The smallest absolute Gasteiger partial charge is 0.198 e. The van der Waals surface area contributed by atoms with Crippen molar-refractivity contribution in [3.8, 4) is 0 Å². The van der Waals surface area contributed by atoms with Crippen LogP contribution in [0.15, 0.2) is 39.9 Å². The molecule has 1 unspecified atom stereocenters. The van der Waals surface area contributed by atoms with Gasteiger partial charge in [0.25, 0.3) is 0 Å². The third-order valence-electron chi connectivity index (χ3n) is 6.55. The highest BCUT2D eigenvalue weighted by atomic mass is 32.2. The van der Waals surface area contributed by atoms with Gasteiger partial charge in [0.1, 0.15) is 10.0 Å². The van der Waals surface area contributed by atoms with Crippen LogP contribution in [0, 0.1) is 5.82 Å². The number of hydrogen-bond donors (Lipinski definition) is 0. The number of nitrogens with zero attached hydrogens (tertiary/aromatic N) is 2. The molecule has 1 atom stereocenters. The molecule has 0 aliphatic carbocycles. The molecular formula is C22H27FN2O4S2. The second-order valence-electron chi connectivity index (χ2n) is 8.39. The van der Waals surface area contributed by atoms with Gasteiger partial charge in [-0.25, -0.2) is 12.8 Å². The van der Waals surface area contributed by atoms with Crippen molar-refractivity contribution in [3.05, 3.63) is 47.1 Å². The first-order valence-corrected chi connectivity index (χ1v) is 13.2. The summed E-state index contributed by atoms with van der Waals surface area (Å²) in [6, 6.07) is 8.47. The van der Waals surface area contributed by atoms with Gasteiger partial charge in [-0.05, 0) is 55.1 Å². The molecule has 0 radical (unpaired) electrons. The molecule has 4 heterocycles. The number of anilines is 1. The predicted molar refractivity (Wildman–Crippen MR) is 118 cm³/mol. The van der Waals surface area contributed by atoms with E-state index in [1.54, 1.807) is 0 Å². The minimum absolute atomic E-state index is 0.218. The zero-order valence-corrected chi connectivity index (χ0v) is 19.0. The first kappa shape index (κ1) is 21.3. The van der Waals surface area contributed by atoms with Gasteiger partial charge in [-0.2, -0.15) is 0 Å². The molecule has 0 amide bonds. The van der Waals surface area contributed by atoms with Crippen molar-refractivity contribution in [1.29, 1.82) is 0 Å². The maximum Gasteiger partial charge on any atom is 0.198 e. The fraction of sp³-hybridized carbons (Fsp3) is 0.545. The van der Waals surface area contributed by atoms with Crippen LogP contribution in [0.2, 0.25) is 0 Å². The van der Waals surface area contributed by atoms with E-state index >= 15 is 0 Å². The third-order valence-corrected chi connectivity index (χ3v) is 10.3. The van der Waals surface area contributed by atoms with Gasteiger partial charge < -0.3 is 14.4 Å². The van der Waals surface area contributed by atoms with Crippen molar-refractivity contribution in [3.63, 3.8) is 0 Å². The normalized spacial score (nSPS) is 25.1. The summed E-state index contributed by atoms with van der Waals surface area (Å²) >= 11 is 1.27. The largest absolute Gasteiger partial charge is 0.369 e. The molecule has 5 rings (SSSR count). The van der Waals surface area contributed by atoms with Crippen LogP contribution in [0.3, 0.4) is 0 Å². The SMILES string of the molecule is O=S1(=O)c2sccc2C2(CC1CCCN1CCN(c3ccc(F)cc3)CC1)OCCO2. The van der Waals surface area contributed by atoms with Crippen LogP contribution in [-0.2, 0) is 25.1 Å². The lowest BCUT2D eigenvalue weighted by Crippen LogP contribution is -2.47. The van der Waals surface area contributed by atoms with Crippen LogP contribution >= 0.6 is 11.3 Å². The highest BCUT2D eigenvalue weighted by Gasteiger charge is 2.52. The fourth-order valence-electron chi connectivity index (χ4n) is 4.88. The summed E-state index contributed by atoms with van der Waals surface area (Å²) in [4.78, 5) is 4.64. The molecule has 2 saturated heterocycles. The Bertz CT molecular complexity index is 1010. The van der Waals surface area contributed by atoms with Crippen LogP contribution in [0.1, 0.15) is 24.8 Å². The number of benzene rings is 1. The molecule has 3 aliphatic heterocycles. The van der Waals surface area contributed by atoms with Gasteiger partial charge in [-0.1, -0.05) is 0 Å². The Morgan fingerprint density at radius 1 is 1.06 bits per heavy atom. The maximum atomic E-state index is 13.2. The summed E-state index contributed by atoms with van der Waals surface area (Å²) in [6.45, 7) is 5.48. The van der Waals surface area contributed by atoms with Crippen molar-refractivity contribution in [2.75, 3.05) is 50.8 Å². The summed E-state index contributed by atoms with van der Waals surface area (Å²) < 4.78 is 51.7. The second kappa shape index (κ2) is 8.44. The summed E-state index contributed by atoms with van der Waals surface area (Å²) in [5, 5.41) is 1.34. The van der Waals surface area contributed by atoms with Crippen molar-refractivity contribution in [2.45, 2.75) is 34.5 Å². The minimum atomic E-state index is -3.35. The van der Waals surface area contributed by atoms with E-state index in [2.05, 4.69) is 9.80 Å². The second-order valence-corrected chi connectivity index (χ2v) is 11.7. The zero-order chi connectivity index (χ0) is 21.5. The quantitative estimate of drug-likeness (QED) is 0.674. The topological polar surface area (TPSA) is 59.1 Å². The van der Waals surface area contributed by atoms with Crippen LogP contribution in [0.25, 0.3) is 0 Å². The molecular weight excluding hydrogens is 439 g/mol. The fourth-order valence-corrected chi connectivity index (χ4v) is 8.42. The van der Waals surface area contributed by atoms with Crippen LogP contribution in [0.5, 0.6) is 0 Å². The van der Waals surface area contributed by atoms with Gasteiger partial charge in [0.05, 0.1) is 18.5 Å². The average molecular weight is 467 g/mol. The lowest BCUT2D eigenvalue weighted by atomic mass is 10.0. The van der Waals surface area contributed by atoms with Crippen molar-refractivity contribution >= 4 is 26.9 Å². The molecule has 0 saturated carbocycles. The third kappa shape index (κ3) is 4.02. The van der Waals surface area contributed by atoms with Crippen LogP contribution in [-0.4, -0.2) is 64.5 Å². The molecule has 9 heteroatoms. The average Bonchev–Trinajstić information content (AvgIpc) is 3.44. The number of halogens is 1. The molecule has 1 aromatic heterocycles. The summed E-state index contributed by atoms with van der Waals surface area (Å²) in [7, 11) is -3.35. The van der Waals surface area contributed by atoms with Gasteiger partial charge in [-0.3, -0.25) is 4.90 Å². The Balaban J connectivity index is 1.17. The number of thiophene rings is 1. The minimum Gasteiger partial charge on any atom is -0.369 e. The molecule has 0 N–H and O–H groups in total. The van der Waals surface area contributed by atoms with Gasteiger partial charge in [0.15, 0.2) is 15.6 Å². The van der Waals surface area contributed by atoms with Gasteiger partial charge >= 0.3 is 0 Å². The van der Waals surface area contributed by atoms with E-state index in [0.717, 1.165) is 44.8 Å². The van der Waals surface area contributed by atoms with E-state index < -0.39 is 20.9 Å². The van der Waals surface area contributed by atoms with Gasteiger partial charge in [-0.15, -0.1) is 11.3 Å². The summed E-state index contributed by atoms with van der Waals surface area (Å²) in [6.07, 6.45) is 1.79. The lowest BCUT2D eigenvalue weighted by Gasteiger charge is -2.37. The van der Waals surface area contributed by atoms with Gasteiger partial charge in [0, 0.05) is 43.9 Å². The highest BCUT2D eigenvalue weighted by molar-refractivity contribution is 7.94. The van der Waals surface area contributed by atoms with E-state index in [-0.39, 0.29) is 5.82 Å². The van der Waals surface area contributed by atoms with E-state index in [4.69, 9.17) is 9.47 Å². The Morgan fingerprint density at radius 2 is 1.77 bits per heavy atom. The molecule has 6 nitrogen and oxygen atoms in total. The molecule has 0 bridgehead atoms. The number of hydrogen-bond acceptors (Lipinski definition) is 7. The summed E-state index contributed by atoms with van der Waals surface area (Å²) in [5.74, 6) is -1.10. The first-order chi connectivity index (χ1) is 15.0. The molecule has 2 fully saturated rings. The lowest BCUT2D eigenvalue weighted by molar-refractivity contribution is -0.174. The molecule has 2 aromatic rings. The number of ether oxygens (including phenoxy) is 2. The van der Waals surface area contributed by atoms with E-state index in [0.29, 0.717) is 35.8 Å². The Kier molecular flexibility index (Phi) is 5.81. The molecule has 1 aromatic carbocycles. The van der Waals surface area contributed by atoms with Crippen molar-refractivity contribution < 1.29 is 22.3 Å². The van der Waals surface area contributed by atoms with Crippen molar-refractivity contribution in [2.24, 2.45) is 0 Å². The van der Waals surface area contributed by atoms with E-state index in [9.17, 15) is 12.8 Å². The van der Waals surface area contributed by atoms with Gasteiger partial charge in [0.2, 0.25) is 0 Å². The van der Waals surface area contributed by atoms with E-state index in [1.165, 1.54) is 23.5 Å². The predicted octanol–water partition coefficient (Wildman–Crippen LogP) is 3.24.